The Morgan fingerprint density at radius 2 is 0.984 bits per heavy atom. The van der Waals surface area contributed by atoms with Gasteiger partial charge in [0, 0.05) is 6.42 Å². The molecule has 17 unspecified atom stereocenters. The molecule has 3 aliphatic rings. The third kappa shape index (κ3) is 17.9. The van der Waals surface area contributed by atoms with Gasteiger partial charge in [-0.3, -0.25) is 4.79 Å². The molecule has 3 fully saturated rings. The van der Waals surface area contributed by atoms with Crippen LogP contribution in [0.1, 0.15) is 129 Å². The Morgan fingerprint density at radius 1 is 0.556 bits per heavy atom. The van der Waals surface area contributed by atoms with E-state index in [4.69, 9.17) is 28.4 Å². The van der Waals surface area contributed by atoms with Gasteiger partial charge in [0.1, 0.15) is 73.2 Å². The molecule has 19 nitrogen and oxygen atoms in total. The van der Waals surface area contributed by atoms with Gasteiger partial charge in [0.25, 0.3) is 0 Å². The van der Waals surface area contributed by atoms with Gasteiger partial charge in [-0.05, 0) is 19.3 Å². The fraction of sp³-hybridized carbons (Fsp3) is 0.932. The van der Waals surface area contributed by atoms with Gasteiger partial charge < -0.3 is 89.9 Å². The number of rotatable bonds is 31. The first kappa shape index (κ1) is 55.9. The van der Waals surface area contributed by atoms with Crippen molar-refractivity contribution in [2.24, 2.45) is 0 Å². The first-order chi connectivity index (χ1) is 30.3. The average molecular weight is 912 g/mol. The topological polar surface area (TPSA) is 307 Å². The highest BCUT2D eigenvalue weighted by atomic mass is 16.8. The maximum Gasteiger partial charge on any atom is 0.220 e. The maximum atomic E-state index is 13.0. The van der Waals surface area contributed by atoms with E-state index < -0.39 is 124 Å². The summed E-state index contributed by atoms with van der Waals surface area (Å²) < 4.78 is 33.9. The minimum Gasteiger partial charge on any atom is -0.394 e. The van der Waals surface area contributed by atoms with Crippen molar-refractivity contribution in [1.82, 2.24) is 5.32 Å². The van der Waals surface area contributed by atoms with E-state index in [-0.39, 0.29) is 18.9 Å². The van der Waals surface area contributed by atoms with E-state index >= 15 is 0 Å². The highest BCUT2D eigenvalue weighted by Gasteiger charge is 2.53. The number of nitrogens with one attached hydrogen (secondary N) is 1. The lowest BCUT2D eigenvalue weighted by Gasteiger charge is -2.48. The Labute approximate surface area is 372 Å². The van der Waals surface area contributed by atoms with Gasteiger partial charge >= 0.3 is 0 Å². The molecule has 3 saturated heterocycles. The Bertz CT molecular complexity index is 1230. The van der Waals surface area contributed by atoms with Crippen LogP contribution in [0.15, 0.2) is 12.2 Å². The molecule has 19 heteroatoms. The number of unbranched alkanes of at least 4 members (excludes halogenated alkanes) is 15. The summed E-state index contributed by atoms with van der Waals surface area (Å²) in [6, 6.07) is -0.961. The predicted octanol–water partition coefficient (Wildman–Crippen LogP) is -0.0852. The zero-order valence-corrected chi connectivity index (χ0v) is 37.3. The summed E-state index contributed by atoms with van der Waals surface area (Å²) in [7, 11) is 0. The molecule has 3 rings (SSSR count). The molecular formula is C44H81NO18. The van der Waals surface area contributed by atoms with E-state index in [1.807, 2.05) is 6.08 Å². The second-order valence-corrected chi connectivity index (χ2v) is 17.2. The molecule has 1 amide bonds. The summed E-state index contributed by atoms with van der Waals surface area (Å²) in [5.74, 6) is -0.292. The Morgan fingerprint density at radius 3 is 1.49 bits per heavy atom. The SMILES string of the molecule is CCCCCCCCCCCCC/C=C/C(O)C(COC1OC(CO)C(OC2OC(CO)C(OC3OC(CO)C(O)C(O)C3O)C(O)C2O)C(O)C1O)NC(=O)CCCCCCC. The lowest BCUT2D eigenvalue weighted by atomic mass is 9.96. The first-order valence-corrected chi connectivity index (χ1v) is 23.4. The van der Waals surface area contributed by atoms with E-state index in [0.717, 1.165) is 51.4 Å². The fourth-order valence-corrected chi connectivity index (χ4v) is 8.07. The van der Waals surface area contributed by atoms with Crippen molar-refractivity contribution in [1.29, 1.82) is 0 Å². The molecule has 12 N–H and O–H groups in total. The van der Waals surface area contributed by atoms with E-state index in [2.05, 4.69) is 19.2 Å². The molecule has 0 spiro atoms. The van der Waals surface area contributed by atoms with Crippen molar-refractivity contribution in [3.05, 3.63) is 12.2 Å². The molecule has 3 aliphatic heterocycles. The zero-order chi connectivity index (χ0) is 46.3. The van der Waals surface area contributed by atoms with Crippen LogP contribution in [-0.4, -0.2) is 193 Å². The normalized spacial score (nSPS) is 34.9. The number of amides is 1. The molecule has 370 valence electrons. The summed E-state index contributed by atoms with van der Waals surface area (Å²) in [6.07, 6.45) is -4.24. The highest BCUT2D eigenvalue weighted by molar-refractivity contribution is 5.76. The van der Waals surface area contributed by atoms with Gasteiger partial charge in [0.2, 0.25) is 5.91 Å². The molecular weight excluding hydrogens is 830 g/mol. The number of aliphatic hydroxyl groups excluding tert-OH is 11. The minimum atomic E-state index is -1.97. The third-order valence-electron chi connectivity index (χ3n) is 12.1. The molecule has 0 radical (unpaired) electrons. The maximum absolute atomic E-state index is 13.0. The standard InChI is InChI=1S/C44H81NO18/c1-3-5-7-9-10-11-12-13-14-15-16-18-19-21-28(49)27(45-32(50)22-20-17-8-6-4-2)26-58-42-38(56)35(53)40(30(24-47)60-42)63-44-39(57)36(54)41(31(25-48)61-44)62-43-37(55)34(52)33(51)29(23-46)59-43/h19,21,27-31,33-44,46-49,51-57H,3-18,20,22-26H2,1-2H3,(H,45,50)/b21-19+. The summed E-state index contributed by atoms with van der Waals surface area (Å²) in [5.41, 5.74) is 0. The van der Waals surface area contributed by atoms with E-state index in [0.29, 0.717) is 6.42 Å². The summed E-state index contributed by atoms with van der Waals surface area (Å²) in [4.78, 5) is 13.0. The van der Waals surface area contributed by atoms with Crippen LogP contribution in [0.25, 0.3) is 0 Å². The van der Waals surface area contributed by atoms with Crippen molar-refractivity contribution in [3.8, 4) is 0 Å². The molecule has 0 aromatic rings. The largest absolute Gasteiger partial charge is 0.394 e. The van der Waals surface area contributed by atoms with Crippen LogP contribution >= 0.6 is 0 Å². The average Bonchev–Trinajstić information content (AvgIpc) is 3.28. The van der Waals surface area contributed by atoms with Gasteiger partial charge in [-0.15, -0.1) is 0 Å². The summed E-state index contributed by atoms with van der Waals surface area (Å²) in [6.45, 7) is 1.56. The minimum absolute atomic E-state index is 0.240. The number of ether oxygens (including phenoxy) is 6. The first-order valence-electron chi connectivity index (χ1n) is 23.4. The van der Waals surface area contributed by atoms with Crippen LogP contribution in [0.5, 0.6) is 0 Å². The predicted molar refractivity (Wildman–Crippen MR) is 227 cm³/mol. The van der Waals surface area contributed by atoms with Gasteiger partial charge in [-0.1, -0.05) is 116 Å². The van der Waals surface area contributed by atoms with Crippen molar-refractivity contribution in [2.45, 2.75) is 234 Å². The molecule has 0 aromatic carbocycles. The number of hydrogen-bond acceptors (Lipinski definition) is 18. The highest BCUT2D eigenvalue weighted by Crippen LogP contribution is 2.33. The van der Waals surface area contributed by atoms with Crippen LogP contribution < -0.4 is 5.32 Å². The molecule has 0 aliphatic carbocycles. The van der Waals surface area contributed by atoms with Crippen LogP contribution in [-0.2, 0) is 33.2 Å². The Balaban J connectivity index is 1.58. The number of carbonyl (C=O) groups is 1. The molecule has 17 atom stereocenters. The smallest absolute Gasteiger partial charge is 0.220 e. The lowest BCUT2D eigenvalue weighted by molar-refractivity contribution is -0.379. The zero-order valence-electron chi connectivity index (χ0n) is 37.3. The number of hydrogen-bond donors (Lipinski definition) is 12. The summed E-state index contributed by atoms with van der Waals surface area (Å²) in [5, 5.41) is 119. The van der Waals surface area contributed by atoms with Crippen molar-refractivity contribution in [2.75, 3.05) is 26.4 Å². The summed E-state index contributed by atoms with van der Waals surface area (Å²) >= 11 is 0. The van der Waals surface area contributed by atoms with Gasteiger partial charge in [0.05, 0.1) is 38.6 Å². The van der Waals surface area contributed by atoms with Gasteiger partial charge in [0.15, 0.2) is 18.9 Å². The quantitative estimate of drug-likeness (QED) is 0.0320. The van der Waals surface area contributed by atoms with Crippen molar-refractivity contribution < 1.29 is 89.4 Å². The number of aliphatic hydroxyl groups is 11. The van der Waals surface area contributed by atoms with Gasteiger partial charge in [-0.25, -0.2) is 0 Å². The molecule has 63 heavy (non-hydrogen) atoms. The molecule has 0 aromatic heterocycles. The van der Waals surface area contributed by atoms with Crippen LogP contribution in [0.4, 0.5) is 0 Å². The van der Waals surface area contributed by atoms with Crippen molar-refractivity contribution in [3.63, 3.8) is 0 Å². The third-order valence-corrected chi connectivity index (χ3v) is 12.1. The van der Waals surface area contributed by atoms with E-state index in [1.54, 1.807) is 6.08 Å². The Kier molecular flexibility index (Phi) is 27.3. The van der Waals surface area contributed by atoms with E-state index in [1.165, 1.54) is 51.4 Å². The monoisotopic (exact) mass is 912 g/mol. The van der Waals surface area contributed by atoms with Crippen LogP contribution in [0.3, 0.4) is 0 Å². The van der Waals surface area contributed by atoms with Crippen LogP contribution in [0.2, 0.25) is 0 Å². The second kappa shape index (κ2) is 30.7. The van der Waals surface area contributed by atoms with Crippen LogP contribution in [0, 0.1) is 0 Å². The second-order valence-electron chi connectivity index (χ2n) is 17.2. The van der Waals surface area contributed by atoms with Gasteiger partial charge in [-0.2, -0.15) is 0 Å². The molecule has 0 saturated carbocycles. The number of carbonyl (C=O) groups excluding carboxylic acids is 1. The Hall–Kier alpha value is -1.47. The number of allylic oxidation sites excluding steroid dienone is 1. The molecule has 0 bridgehead atoms. The lowest BCUT2D eigenvalue weighted by Crippen LogP contribution is -2.66. The van der Waals surface area contributed by atoms with Crippen molar-refractivity contribution >= 4 is 5.91 Å². The fourth-order valence-electron chi connectivity index (χ4n) is 8.07. The van der Waals surface area contributed by atoms with E-state index in [9.17, 15) is 61.0 Å². The molecule has 3 heterocycles.